The molecule has 0 fully saturated rings. The van der Waals surface area contributed by atoms with E-state index in [0.29, 0.717) is 16.7 Å². The molecule has 1 amide bonds. The lowest BCUT2D eigenvalue weighted by molar-refractivity contribution is -0.124. The highest BCUT2D eigenvalue weighted by molar-refractivity contribution is 7.93. The van der Waals surface area contributed by atoms with Crippen LogP contribution in [-0.4, -0.2) is 35.7 Å². The van der Waals surface area contributed by atoms with Gasteiger partial charge < -0.3 is 10.5 Å². The van der Waals surface area contributed by atoms with E-state index >= 15 is 0 Å². The van der Waals surface area contributed by atoms with E-state index in [-0.39, 0.29) is 17.2 Å². The maximum atomic E-state index is 13.3. The number of amides is 1. The third kappa shape index (κ3) is 2.50. The molecule has 2 heterocycles. The molecule has 1 aliphatic rings. The van der Waals surface area contributed by atoms with E-state index in [1.165, 1.54) is 6.07 Å². The quantitative estimate of drug-likeness (QED) is 0.733. The highest BCUT2D eigenvalue weighted by Crippen LogP contribution is 2.37. The number of fused-ring (bicyclic) bond motifs is 2. The molecule has 1 aromatic heterocycles. The molecule has 128 valence electrons. The van der Waals surface area contributed by atoms with Gasteiger partial charge in [-0.2, -0.15) is 8.75 Å². The van der Waals surface area contributed by atoms with Gasteiger partial charge in [0.15, 0.2) is 6.10 Å². The predicted octanol–water partition coefficient (Wildman–Crippen LogP) is 1.13. The van der Waals surface area contributed by atoms with E-state index in [0.717, 1.165) is 16.0 Å². The Morgan fingerprint density at radius 2 is 2.00 bits per heavy atom. The van der Waals surface area contributed by atoms with E-state index in [9.17, 15) is 13.2 Å². The van der Waals surface area contributed by atoms with Gasteiger partial charge >= 0.3 is 0 Å². The number of carbonyl (C=O) groups excluding carboxylic acids is 1. The van der Waals surface area contributed by atoms with Gasteiger partial charge in [0, 0.05) is 0 Å². The fourth-order valence-corrected chi connectivity index (χ4v) is 4.92. The van der Waals surface area contributed by atoms with Crippen LogP contribution in [0.15, 0.2) is 47.4 Å². The molecule has 0 saturated carbocycles. The number of carbonyl (C=O) groups is 1. The number of primary amides is 1. The van der Waals surface area contributed by atoms with Crippen molar-refractivity contribution in [3.05, 3.63) is 42.5 Å². The average molecular weight is 376 g/mol. The lowest BCUT2D eigenvalue weighted by Crippen LogP contribution is -2.49. The Kier molecular flexibility index (Phi) is 3.58. The van der Waals surface area contributed by atoms with E-state index in [4.69, 9.17) is 10.5 Å². The average Bonchev–Trinajstić information content (AvgIpc) is 3.09. The minimum Gasteiger partial charge on any atom is -0.476 e. The van der Waals surface area contributed by atoms with Crippen molar-refractivity contribution >= 4 is 44.4 Å². The molecule has 25 heavy (non-hydrogen) atoms. The largest absolute Gasteiger partial charge is 0.476 e. The summed E-state index contributed by atoms with van der Waals surface area (Å²) >= 11 is 0.939. The molecule has 4 rings (SSSR count). The van der Waals surface area contributed by atoms with E-state index < -0.39 is 22.0 Å². The standard InChI is InChI=1S/C15H12N4O4S2/c16-15(20)12-8-19(10-5-1-2-6-11(10)23-12)25(21,22)13-7-3-4-9-14(13)18-24-17-9/h1-7,12H,8H2,(H2,16,20). The summed E-state index contributed by atoms with van der Waals surface area (Å²) in [6, 6.07) is 11.4. The maximum absolute atomic E-state index is 13.3. The summed E-state index contributed by atoms with van der Waals surface area (Å²) in [7, 11) is -3.99. The lowest BCUT2D eigenvalue weighted by atomic mass is 10.2. The molecule has 0 spiro atoms. The second-order valence-corrected chi connectivity index (χ2v) is 7.76. The van der Waals surface area contributed by atoms with Crippen LogP contribution < -0.4 is 14.8 Å². The van der Waals surface area contributed by atoms with Gasteiger partial charge in [0.05, 0.1) is 24.0 Å². The predicted molar refractivity (Wildman–Crippen MR) is 92.0 cm³/mol. The molecule has 1 aliphatic heterocycles. The first-order chi connectivity index (χ1) is 12.0. The normalized spacial score (nSPS) is 17.1. The monoisotopic (exact) mass is 376 g/mol. The number of hydrogen-bond donors (Lipinski definition) is 1. The first kappa shape index (κ1) is 15.8. The molecule has 3 aromatic rings. The van der Waals surface area contributed by atoms with Crippen LogP contribution in [0.5, 0.6) is 5.75 Å². The van der Waals surface area contributed by atoms with Crippen molar-refractivity contribution < 1.29 is 17.9 Å². The fourth-order valence-electron chi connectivity index (χ4n) is 2.69. The fraction of sp³-hybridized carbons (Fsp3) is 0.133. The van der Waals surface area contributed by atoms with Crippen LogP contribution in [-0.2, 0) is 14.8 Å². The Morgan fingerprint density at radius 1 is 1.20 bits per heavy atom. The van der Waals surface area contributed by atoms with Gasteiger partial charge in [0.1, 0.15) is 21.7 Å². The smallest absolute Gasteiger partial charge is 0.266 e. The van der Waals surface area contributed by atoms with Crippen LogP contribution in [0.3, 0.4) is 0 Å². The molecule has 0 saturated heterocycles. The first-order valence-corrected chi connectivity index (χ1v) is 9.44. The van der Waals surface area contributed by atoms with Crippen LogP contribution >= 0.6 is 11.7 Å². The van der Waals surface area contributed by atoms with Gasteiger partial charge in [-0.25, -0.2) is 8.42 Å². The molecule has 1 atom stereocenters. The highest BCUT2D eigenvalue weighted by atomic mass is 32.2. The Labute approximate surface area is 147 Å². The summed E-state index contributed by atoms with van der Waals surface area (Å²) in [5.41, 5.74) is 6.48. The molecule has 2 aromatic carbocycles. The molecule has 10 heteroatoms. The zero-order valence-electron chi connectivity index (χ0n) is 12.7. The summed E-state index contributed by atoms with van der Waals surface area (Å²) < 4.78 is 41.4. The molecule has 8 nitrogen and oxygen atoms in total. The lowest BCUT2D eigenvalue weighted by Gasteiger charge is -2.34. The molecule has 1 unspecified atom stereocenters. The maximum Gasteiger partial charge on any atom is 0.266 e. The molecule has 0 bridgehead atoms. The van der Waals surface area contributed by atoms with E-state index in [2.05, 4.69) is 8.75 Å². The van der Waals surface area contributed by atoms with E-state index in [1.807, 2.05) is 0 Å². The molecule has 0 aliphatic carbocycles. The number of nitrogens with zero attached hydrogens (tertiary/aromatic N) is 3. The van der Waals surface area contributed by atoms with Crippen LogP contribution in [0, 0.1) is 0 Å². The summed E-state index contributed by atoms with van der Waals surface area (Å²) in [6.07, 6.45) is -1.07. The SMILES string of the molecule is NC(=O)C1CN(S(=O)(=O)c2cccc3nsnc23)c2ccccc2O1. The minimum atomic E-state index is -3.99. The van der Waals surface area contributed by atoms with Gasteiger partial charge in [-0.05, 0) is 24.3 Å². The van der Waals surface area contributed by atoms with E-state index in [1.54, 1.807) is 36.4 Å². The number of aromatic nitrogens is 2. The number of ether oxygens (including phenoxy) is 1. The zero-order valence-corrected chi connectivity index (χ0v) is 14.3. The Balaban J connectivity index is 1.90. The molecular formula is C15H12N4O4S2. The van der Waals surface area contributed by atoms with Crippen molar-refractivity contribution in [2.45, 2.75) is 11.0 Å². The van der Waals surface area contributed by atoms with Crippen molar-refractivity contribution in [2.75, 3.05) is 10.8 Å². The number of sulfonamides is 1. The van der Waals surface area contributed by atoms with Crippen LogP contribution in [0.25, 0.3) is 11.0 Å². The van der Waals surface area contributed by atoms with Crippen molar-refractivity contribution in [2.24, 2.45) is 5.73 Å². The van der Waals surface area contributed by atoms with Crippen molar-refractivity contribution in [3.63, 3.8) is 0 Å². The van der Waals surface area contributed by atoms with Crippen LogP contribution in [0.1, 0.15) is 0 Å². The second-order valence-electron chi connectivity index (χ2n) is 5.40. The number of benzene rings is 2. The molecule has 2 N–H and O–H groups in total. The topological polar surface area (TPSA) is 115 Å². The zero-order chi connectivity index (χ0) is 17.6. The van der Waals surface area contributed by atoms with Crippen molar-refractivity contribution in [1.82, 2.24) is 8.75 Å². The third-order valence-electron chi connectivity index (χ3n) is 3.87. The number of nitrogens with two attached hydrogens (primary N) is 1. The Hall–Kier alpha value is -2.72. The summed E-state index contributed by atoms with van der Waals surface area (Å²) in [5.74, 6) is -0.451. The summed E-state index contributed by atoms with van der Waals surface area (Å²) in [4.78, 5) is 11.6. The number of anilines is 1. The number of para-hydroxylation sites is 2. The molecule has 0 radical (unpaired) electrons. The van der Waals surface area contributed by atoms with Gasteiger partial charge in [0.25, 0.3) is 15.9 Å². The first-order valence-electron chi connectivity index (χ1n) is 7.27. The minimum absolute atomic E-state index is 0.0265. The van der Waals surface area contributed by atoms with Gasteiger partial charge in [-0.15, -0.1) is 0 Å². The summed E-state index contributed by atoms with van der Waals surface area (Å²) in [5, 5.41) is 0. The number of rotatable bonds is 3. The third-order valence-corrected chi connectivity index (χ3v) is 6.22. The van der Waals surface area contributed by atoms with Crippen molar-refractivity contribution in [1.29, 1.82) is 0 Å². The summed E-state index contributed by atoms with van der Waals surface area (Å²) in [6.45, 7) is -0.206. The number of hydrogen-bond acceptors (Lipinski definition) is 7. The van der Waals surface area contributed by atoms with Crippen LogP contribution in [0.2, 0.25) is 0 Å². The van der Waals surface area contributed by atoms with Crippen molar-refractivity contribution in [3.8, 4) is 5.75 Å². The Bertz CT molecular complexity index is 1080. The molecular weight excluding hydrogens is 364 g/mol. The Morgan fingerprint density at radius 3 is 2.80 bits per heavy atom. The second kappa shape index (κ2) is 5.67. The highest BCUT2D eigenvalue weighted by Gasteiger charge is 2.37. The van der Waals surface area contributed by atoms with Gasteiger partial charge in [-0.3, -0.25) is 9.10 Å². The van der Waals surface area contributed by atoms with Gasteiger partial charge in [0.2, 0.25) is 0 Å². The van der Waals surface area contributed by atoms with Crippen LogP contribution in [0.4, 0.5) is 5.69 Å². The van der Waals surface area contributed by atoms with Gasteiger partial charge in [-0.1, -0.05) is 18.2 Å².